The summed E-state index contributed by atoms with van der Waals surface area (Å²) in [6.07, 6.45) is 1.99. The molecule has 19 heavy (non-hydrogen) atoms. The van der Waals surface area contributed by atoms with Crippen molar-refractivity contribution in [1.82, 2.24) is 4.90 Å². The predicted octanol–water partition coefficient (Wildman–Crippen LogP) is 2.71. The minimum absolute atomic E-state index is 0.350. The molecule has 2 rings (SSSR count). The Hall–Kier alpha value is -1.37. The average molecular weight is 258 g/mol. The van der Waals surface area contributed by atoms with E-state index in [1.807, 2.05) is 12.1 Å². The molecule has 0 amide bonds. The van der Waals surface area contributed by atoms with E-state index in [-0.39, 0.29) is 0 Å². The summed E-state index contributed by atoms with van der Waals surface area (Å²) in [7, 11) is 0. The third-order valence-electron chi connectivity index (χ3n) is 3.84. The Bertz CT molecular complexity index is 459. The third-order valence-corrected chi connectivity index (χ3v) is 3.84. The second kappa shape index (κ2) is 5.73. The second-order valence-corrected chi connectivity index (χ2v) is 6.25. The van der Waals surface area contributed by atoms with Gasteiger partial charge in [0.2, 0.25) is 0 Å². The van der Waals surface area contributed by atoms with Crippen LogP contribution in [0.4, 0.5) is 0 Å². The zero-order valence-corrected chi connectivity index (χ0v) is 11.8. The van der Waals surface area contributed by atoms with E-state index in [0.717, 1.165) is 18.7 Å². The molecule has 3 heteroatoms. The van der Waals surface area contributed by atoms with Crippen molar-refractivity contribution in [2.45, 2.75) is 32.8 Å². The maximum atomic E-state index is 10.3. The third kappa shape index (κ3) is 3.79. The van der Waals surface area contributed by atoms with Crippen LogP contribution in [0, 0.1) is 16.7 Å². The highest BCUT2D eigenvalue weighted by atomic mass is 16.3. The van der Waals surface area contributed by atoms with Crippen LogP contribution in [0.15, 0.2) is 24.3 Å². The van der Waals surface area contributed by atoms with Crippen LogP contribution >= 0.6 is 0 Å². The Morgan fingerprint density at radius 3 is 2.63 bits per heavy atom. The minimum Gasteiger partial charge on any atom is -0.387 e. The molecular formula is C16H22N2O. The van der Waals surface area contributed by atoms with Gasteiger partial charge in [0.15, 0.2) is 0 Å². The molecule has 1 aliphatic rings. The molecule has 1 unspecified atom stereocenters. The number of aliphatic hydroxyl groups excluding tert-OH is 1. The highest BCUT2D eigenvalue weighted by Gasteiger charge is 2.27. The Labute approximate surface area is 115 Å². The number of rotatable bonds is 3. The molecule has 1 aliphatic heterocycles. The Morgan fingerprint density at radius 2 is 2.05 bits per heavy atom. The lowest BCUT2D eigenvalue weighted by Gasteiger charge is -2.38. The summed E-state index contributed by atoms with van der Waals surface area (Å²) in [6.45, 7) is 7.35. The minimum atomic E-state index is -0.471. The van der Waals surface area contributed by atoms with Gasteiger partial charge in [0.1, 0.15) is 0 Å². The fourth-order valence-electron chi connectivity index (χ4n) is 2.83. The summed E-state index contributed by atoms with van der Waals surface area (Å²) >= 11 is 0. The van der Waals surface area contributed by atoms with Gasteiger partial charge in [0.25, 0.3) is 0 Å². The van der Waals surface area contributed by atoms with Crippen molar-refractivity contribution in [3.05, 3.63) is 35.4 Å². The van der Waals surface area contributed by atoms with Crippen molar-refractivity contribution < 1.29 is 5.11 Å². The largest absolute Gasteiger partial charge is 0.387 e. The Kier molecular flexibility index (Phi) is 4.24. The van der Waals surface area contributed by atoms with Crippen molar-refractivity contribution >= 4 is 0 Å². The lowest BCUT2D eigenvalue weighted by molar-refractivity contribution is 0.0598. The fraction of sp³-hybridized carbons (Fsp3) is 0.562. The van der Waals surface area contributed by atoms with E-state index in [2.05, 4.69) is 24.8 Å². The first-order valence-corrected chi connectivity index (χ1v) is 6.91. The van der Waals surface area contributed by atoms with Crippen LogP contribution in [0.1, 0.15) is 43.9 Å². The monoisotopic (exact) mass is 258 g/mol. The molecule has 1 aromatic rings. The molecule has 1 N–H and O–H groups in total. The molecule has 1 aromatic carbocycles. The van der Waals surface area contributed by atoms with Gasteiger partial charge in [0, 0.05) is 13.1 Å². The quantitative estimate of drug-likeness (QED) is 0.906. The van der Waals surface area contributed by atoms with E-state index >= 15 is 0 Å². The SMILES string of the molecule is CC1(C)CCCN(CC(O)c2ccc(C#N)cc2)C1. The average Bonchev–Trinajstić information content (AvgIpc) is 2.37. The van der Waals surface area contributed by atoms with Gasteiger partial charge in [-0.1, -0.05) is 26.0 Å². The summed E-state index contributed by atoms with van der Waals surface area (Å²) in [5.41, 5.74) is 1.88. The molecule has 0 bridgehead atoms. The highest BCUT2D eigenvalue weighted by molar-refractivity contribution is 5.32. The number of hydrogen-bond acceptors (Lipinski definition) is 3. The zero-order valence-electron chi connectivity index (χ0n) is 11.8. The maximum absolute atomic E-state index is 10.3. The topological polar surface area (TPSA) is 47.3 Å². The van der Waals surface area contributed by atoms with Gasteiger partial charge < -0.3 is 5.11 Å². The van der Waals surface area contributed by atoms with E-state index in [1.54, 1.807) is 12.1 Å². The summed E-state index contributed by atoms with van der Waals surface area (Å²) in [5.74, 6) is 0. The number of likely N-dealkylation sites (tertiary alicyclic amines) is 1. The van der Waals surface area contributed by atoms with Crippen molar-refractivity contribution in [3.8, 4) is 6.07 Å². The van der Waals surface area contributed by atoms with Crippen molar-refractivity contribution in [2.24, 2.45) is 5.41 Å². The zero-order chi connectivity index (χ0) is 13.9. The van der Waals surface area contributed by atoms with Gasteiger partial charge in [-0.25, -0.2) is 0 Å². The standard InChI is InChI=1S/C16H22N2O/c1-16(2)8-3-9-18(12-16)11-15(19)14-6-4-13(10-17)5-7-14/h4-7,15,19H,3,8-9,11-12H2,1-2H3. The van der Waals surface area contributed by atoms with Crippen LogP contribution in [0.25, 0.3) is 0 Å². The predicted molar refractivity (Wildman–Crippen MR) is 75.6 cm³/mol. The molecule has 0 spiro atoms. The number of nitriles is 1. The van der Waals surface area contributed by atoms with E-state index in [9.17, 15) is 5.11 Å². The highest BCUT2D eigenvalue weighted by Crippen LogP contribution is 2.29. The van der Waals surface area contributed by atoms with Crippen LogP contribution in [0.3, 0.4) is 0 Å². The Balaban J connectivity index is 1.96. The van der Waals surface area contributed by atoms with Gasteiger partial charge in [-0.05, 0) is 42.5 Å². The van der Waals surface area contributed by atoms with Gasteiger partial charge in [-0.3, -0.25) is 4.90 Å². The number of β-amino-alcohol motifs (C(OH)–C–C–N with tert-alkyl or cyclic N) is 1. The van der Waals surface area contributed by atoms with Crippen molar-refractivity contribution in [3.63, 3.8) is 0 Å². The smallest absolute Gasteiger partial charge is 0.0991 e. The first-order chi connectivity index (χ1) is 9.00. The lowest BCUT2D eigenvalue weighted by Crippen LogP contribution is -2.41. The van der Waals surface area contributed by atoms with Crippen LogP contribution in [-0.4, -0.2) is 29.6 Å². The summed E-state index contributed by atoms with van der Waals surface area (Å²) in [6, 6.07) is 9.31. The number of aliphatic hydroxyl groups is 1. The van der Waals surface area contributed by atoms with E-state index in [0.29, 0.717) is 17.5 Å². The summed E-state index contributed by atoms with van der Waals surface area (Å²) in [4.78, 5) is 2.34. The summed E-state index contributed by atoms with van der Waals surface area (Å²) < 4.78 is 0. The number of piperidine rings is 1. The van der Waals surface area contributed by atoms with Crippen molar-refractivity contribution in [1.29, 1.82) is 5.26 Å². The molecule has 1 heterocycles. The molecule has 0 saturated carbocycles. The van der Waals surface area contributed by atoms with Gasteiger partial charge in [0.05, 0.1) is 17.7 Å². The molecule has 1 fully saturated rings. The fourth-order valence-corrected chi connectivity index (χ4v) is 2.83. The van der Waals surface area contributed by atoms with E-state index in [1.165, 1.54) is 12.8 Å². The molecule has 0 aliphatic carbocycles. The molecule has 1 atom stereocenters. The van der Waals surface area contributed by atoms with Crippen LogP contribution < -0.4 is 0 Å². The molecule has 0 aromatic heterocycles. The number of hydrogen-bond donors (Lipinski definition) is 1. The first kappa shape index (κ1) is 14.0. The Morgan fingerprint density at radius 1 is 1.37 bits per heavy atom. The van der Waals surface area contributed by atoms with E-state index < -0.39 is 6.10 Å². The molecule has 0 radical (unpaired) electrons. The normalized spacial score (nSPS) is 20.7. The molecule has 1 saturated heterocycles. The maximum Gasteiger partial charge on any atom is 0.0991 e. The first-order valence-electron chi connectivity index (χ1n) is 6.91. The van der Waals surface area contributed by atoms with Crippen LogP contribution in [0.5, 0.6) is 0 Å². The summed E-state index contributed by atoms with van der Waals surface area (Å²) in [5, 5.41) is 19.0. The van der Waals surface area contributed by atoms with Crippen molar-refractivity contribution in [2.75, 3.05) is 19.6 Å². The van der Waals surface area contributed by atoms with Gasteiger partial charge in [-0.2, -0.15) is 5.26 Å². The number of nitrogens with zero attached hydrogens (tertiary/aromatic N) is 2. The lowest BCUT2D eigenvalue weighted by atomic mass is 9.84. The van der Waals surface area contributed by atoms with Gasteiger partial charge in [-0.15, -0.1) is 0 Å². The van der Waals surface area contributed by atoms with Gasteiger partial charge >= 0.3 is 0 Å². The molecule has 3 nitrogen and oxygen atoms in total. The van der Waals surface area contributed by atoms with E-state index in [4.69, 9.17) is 5.26 Å². The number of benzene rings is 1. The molecular weight excluding hydrogens is 236 g/mol. The van der Waals surface area contributed by atoms with Crippen LogP contribution in [0.2, 0.25) is 0 Å². The van der Waals surface area contributed by atoms with Crippen LogP contribution in [-0.2, 0) is 0 Å². The second-order valence-electron chi connectivity index (χ2n) is 6.25. The molecule has 102 valence electrons.